The normalized spacial score (nSPS) is 14.6. The molecular weight excluding hydrogens is 486 g/mol. The third kappa shape index (κ3) is 4.77. The zero-order chi connectivity index (χ0) is 26.8. The van der Waals surface area contributed by atoms with Crippen LogP contribution in [-0.2, 0) is 6.42 Å². The Morgan fingerprint density at radius 3 is 2.34 bits per heavy atom. The molecule has 0 saturated carbocycles. The predicted octanol–water partition coefficient (Wildman–Crippen LogP) is 4.95. The fourth-order valence-corrected chi connectivity index (χ4v) is 4.92. The van der Waals surface area contributed by atoms with Crippen LogP contribution in [0.4, 0.5) is 0 Å². The molecule has 0 N–H and O–H groups in total. The van der Waals surface area contributed by atoms with Crippen LogP contribution in [0.2, 0.25) is 0 Å². The standard InChI is InChI=1S/C30H29NO7/c1-18-13-29(32)38-26-15-22(9-10-23(18)26)37-17-25-24-16-28(36-4)27(35-3)14-20(24)11-12-31(25)30(33)19-5-7-21(34-2)8-6-19/h5-10,13-16,25H,11-12,17H2,1-4H3/t25-/m1/s1. The van der Waals surface area contributed by atoms with Crippen LogP contribution < -0.4 is 24.6 Å². The first kappa shape index (κ1) is 25.2. The van der Waals surface area contributed by atoms with Gasteiger partial charge >= 0.3 is 5.63 Å². The largest absolute Gasteiger partial charge is 0.497 e. The van der Waals surface area contributed by atoms with Gasteiger partial charge in [0, 0.05) is 29.6 Å². The smallest absolute Gasteiger partial charge is 0.336 e. The number of rotatable bonds is 7. The van der Waals surface area contributed by atoms with Crippen LogP contribution >= 0.6 is 0 Å². The molecule has 0 bridgehead atoms. The van der Waals surface area contributed by atoms with Crippen LogP contribution in [0.1, 0.15) is 33.1 Å². The van der Waals surface area contributed by atoms with Crippen LogP contribution in [0.5, 0.6) is 23.0 Å². The van der Waals surface area contributed by atoms with Gasteiger partial charge in [0.1, 0.15) is 23.7 Å². The average molecular weight is 516 g/mol. The predicted molar refractivity (Wildman–Crippen MR) is 143 cm³/mol. The van der Waals surface area contributed by atoms with Crippen molar-refractivity contribution in [2.75, 3.05) is 34.5 Å². The minimum atomic E-state index is -0.411. The molecule has 196 valence electrons. The Morgan fingerprint density at radius 2 is 1.63 bits per heavy atom. The monoisotopic (exact) mass is 515 g/mol. The molecule has 0 fully saturated rings. The van der Waals surface area contributed by atoms with Crippen molar-refractivity contribution in [2.45, 2.75) is 19.4 Å². The van der Waals surface area contributed by atoms with Gasteiger partial charge in [0.2, 0.25) is 0 Å². The minimum Gasteiger partial charge on any atom is -0.497 e. The van der Waals surface area contributed by atoms with Crippen molar-refractivity contribution in [3.8, 4) is 23.0 Å². The molecule has 8 nitrogen and oxygen atoms in total. The van der Waals surface area contributed by atoms with Gasteiger partial charge < -0.3 is 28.3 Å². The number of ether oxygens (including phenoxy) is 4. The van der Waals surface area contributed by atoms with E-state index in [1.165, 1.54) is 6.07 Å². The highest BCUT2D eigenvalue weighted by Gasteiger charge is 2.33. The van der Waals surface area contributed by atoms with Gasteiger partial charge in [-0.15, -0.1) is 0 Å². The van der Waals surface area contributed by atoms with Gasteiger partial charge in [-0.25, -0.2) is 4.79 Å². The zero-order valence-corrected chi connectivity index (χ0v) is 21.8. The van der Waals surface area contributed by atoms with Crippen LogP contribution in [0.15, 0.2) is 69.9 Å². The topological polar surface area (TPSA) is 87.4 Å². The van der Waals surface area contributed by atoms with Crippen LogP contribution in [0.25, 0.3) is 11.0 Å². The Hall–Kier alpha value is -4.46. The van der Waals surface area contributed by atoms with E-state index in [2.05, 4.69) is 0 Å². The van der Waals surface area contributed by atoms with Crippen LogP contribution in [-0.4, -0.2) is 45.3 Å². The number of carbonyl (C=O) groups excluding carboxylic acids is 1. The number of benzene rings is 3. The number of nitrogens with zero attached hydrogens (tertiary/aromatic N) is 1. The number of hydrogen-bond acceptors (Lipinski definition) is 7. The molecule has 3 aromatic carbocycles. The lowest BCUT2D eigenvalue weighted by Crippen LogP contribution is -2.42. The number of hydrogen-bond donors (Lipinski definition) is 0. The van der Waals surface area contributed by atoms with Gasteiger partial charge in [-0.3, -0.25) is 4.79 Å². The van der Waals surface area contributed by atoms with E-state index < -0.39 is 11.7 Å². The third-order valence-corrected chi connectivity index (χ3v) is 6.93. The maximum Gasteiger partial charge on any atom is 0.336 e. The Balaban J connectivity index is 1.50. The summed E-state index contributed by atoms with van der Waals surface area (Å²) in [5.74, 6) is 2.33. The summed E-state index contributed by atoms with van der Waals surface area (Å²) < 4.78 is 27.9. The first-order valence-corrected chi connectivity index (χ1v) is 12.3. The SMILES string of the molecule is COc1ccc(C(=O)N2CCc3cc(OC)c(OC)cc3[C@H]2COc2ccc3c(C)cc(=O)oc3c2)cc1. The Bertz CT molecular complexity index is 1540. The maximum absolute atomic E-state index is 13.7. The molecule has 1 atom stereocenters. The molecule has 38 heavy (non-hydrogen) atoms. The van der Waals surface area contributed by atoms with Gasteiger partial charge in [-0.2, -0.15) is 0 Å². The summed E-state index contributed by atoms with van der Waals surface area (Å²) in [5.41, 5.74) is 3.43. The van der Waals surface area contributed by atoms with Gasteiger partial charge in [-0.05, 0) is 78.6 Å². The summed E-state index contributed by atoms with van der Waals surface area (Å²) in [6.07, 6.45) is 0.661. The molecular formula is C30H29NO7. The molecule has 1 aliphatic heterocycles. The quantitative estimate of drug-likeness (QED) is 0.322. The Morgan fingerprint density at radius 1 is 0.921 bits per heavy atom. The molecule has 5 rings (SSSR count). The van der Waals surface area contributed by atoms with E-state index in [9.17, 15) is 9.59 Å². The molecule has 0 unspecified atom stereocenters. The van der Waals surface area contributed by atoms with Gasteiger partial charge in [0.25, 0.3) is 5.91 Å². The third-order valence-electron chi connectivity index (χ3n) is 6.93. The molecule has 8 heteroatoms. The van der Waals surface area contributed by atoms with Crippen LogP contribution in [0, 0.1) is 6.92 Å². The second kappa shape index (κ2) is 10.5. The number of carbonyl (C=O) groups is 1. The highest BCUT2D eigenvalue weighted by molar-refractivity contribution is 5.95. The molecule has 2 heterocycles. The average Bonchev–Trinajstić information content (AvgIpc) is 2.94. The van der Waals surface area contributed by atoms with E-state index in [0.717, 1.165) is 22.1 Å². The molecule has 0 spiro atoms. The van der Waals surface area contributed by atoms with Crippen molar-refractivity contribution >= 4 is 16.9 Å². The first-order valence-electron chi connectivity index (χ1n) is 12.3. The van der Waals surface area contributed by atoms with E-state index in [-0.39, 0.29) is 12.5 Å². The maximum atomic E-state index is 13.7. The minimum absolute atomic E-state index is 0.109. The first-order chi connectivity index (χ1) is 18.4. The van der Waals surface area contributed by atoms with E-state index in [4.69, 9.17) is 23.4 Å². The number of fused-ring (bicyclic) bond motifs is 2. The highest BCUT2D eigenvalue weighted by atomic mass is 16.5. The molecule has 1 aromatic heterocycles. The molecule has 1 amide bonds. The van der Waals surface area contributed by atoms with Crippen molar-refractivity contribution in [3.63, 3.8) is 0 Å². The summed E-state index contributed by atoms with van der Waals surface area (Å²) in [6, 6.07) is 17.4. The molecule has 0 saturated heterocycles. The summed E-state index contributed by atoms with van der Waals surface area (Å²) in [4.78, 5) is 27.4. The van der Waals surface area contributed by atoms with E-state index in [0.29, 0.717) is 47.1 Å². The van der Waals surface area contributed by atoms with E-state index in [1.54, 1.807) is 51.7 Å². The fraction of sp³-hybridized carbons (Fsp3) is 0.267. The summed E-state index contributed by atoms with van der Waals surface area (Å²) in [6.45, 7) is 2.56. The van der Waals surface area contributed by atoms with Gasteiger partial charge in [0.15, 0.2) is 11.5 Å². The molecule has 1 aliphatic rings. The van der Waals surface area contributed by atoms with E-state index in [1.807, 2.05) is 36.1 Å². The summed E-state index contributed by atoms with van der Waals surface area (Å²) >= 11 is 0. The lowest BCUT2D eigenvalue weighted by Gasteiger charge is -2.37. The van der Waals surface area contributed by atoms with E-state index >= 15 is 0 Å². The van der Waals surface area contributed by atoms with Gasteiger partial charge in [-0.1, -0.05) is 0 Å². The number of amides is 1. The summed E-state index contributed by atoms with van der Waals surface area (Å²) in [5, 5.41) is 0.841. The number of methoxy groups -OCH3 is 3. The second-order valence-electron chi connectivity index (χ2n) is 9.12. The fourth-order valence-electron chi connectivity index (χ4n) is 4.92. The number of aryl methyl sites for hydroxylation is 1. The van der Waals surface area contributed by atoms with Crippen molar-refractivity contribution in [1.82, 2.24) is 4.90 Å². The Kier molecular flexibility index (Phi) is 6.96. The summed E-state index contributed by atoms with van der Waals surface area (Å²) in [7, 11) is 4.78. The van der Waals surface area contributed by atoms with Gasteiger partial charge in [0.05, 0.1) is 27.4 Å². The second-order valence-corrected chi connectivity index (χ2v) is 9.12. The Labute approximate surface area is 220 Å². The van der Waals surface area contributed by atoms with Crippen LogP contribution in [0.3, 0.4) is 0 Å². The lowest BCUT2D eigenvalue weighted by molar-refractivity contribution is 0.0589. The van der Waals surface area contributed by atoms with Crippen molar-refractivity contribution in [2.24, 2.45) is 0 Å². The molecule has 0 radical (unpaired) electrons. The van der Waals surface area contributed by atoms with Crippen molar-refractivity contribution in [3.05, 3.63) is 93.3 Å². The molecule has 4 aromatic rings. The molecule has 0 aliphatic carbocycles. The zero-order valence-electron chi connectivity index (χ0n) is 21.8. The van der Waals surface area contributed by atoms with Crippen molar-refractivity contribution in [1.29, 1.82) is 0 Å². The highest BCUT2D eigenvalue weighted by Crippen LogP contribution is 2.39. The lowest BCUT2D eigenvalue weighted by atomic mass is 9.91. The van der Waals surface area contributed by atoms with Crippen molar-refractivity contribution < 1.29 is 28.2 Å².